The number of rotatable bonds is 0. The molecule has 1 nitrogen and oxygen atoms in total. The molecule has 6 heteroatoms. The van der Waals surface area contributed by atoms with Crippen molar-refractivity contribution in [2.45, 2.75) is 9.79 Å². The topological polar surface area (TPSA) is 12.0 Å². The van der Waals surface area contributed by atoms with Crippen LogP contribution in [-0.4, -0.2) is 0 Å². The van der Waals surface area contributed by atoms with Crippen molar-refractivity contribution in [2.75, 3.05) is 5.32 Å². The van der Waals surface area contributed by atoms with Crippen molar-refractivity contribution in [3.8, 4) is 0 Å². The lowest BCUT2D eigenvalue weighted by atomic mass is 10.2. The zero-order chi connectivity index (χ0) is 12.9. The number of benzene rings is 2. The molecule has 0 saturated heterocycles. The van der Waals surface area contributed by atoms with Gasteiger partial charge in [-0.25, -0.2) is 0 Å². The Morgan fingerprint density at radius 2 is 1.17 bits per heavy atom. The molecule has 18 heavy (non-hydrogen) atoms. The van der Waals surface area contributed by atoms with Crippen molar-refractivity contribution < 1.29 is 0 Å². The second-order valence-corrected chi connectivity index (χ2v) is 6.52. The second-order valence-electron chi connectivity index (χ2n) is 3.75. The lowest BCUT2D eigenvalue weighted by Crippen LogP contribution is -2.01. The molecule has 2 aromatic carbocycles. The van der Waals surface area contributed by atoms with Crippen molar-refractivity contribution >= 4 is 69.5 Å². The average molecular weight is 337 g/mol. The quantitative estimate of drug-likeness (QED) is 0.502. The molecule has 0 amide bonds. The molecule has 1 aliphatic heterocycles. The molecule has 0 radical (unpaired) electrons. The Morgan fingerprint density at radius 1 is 0.722 bits per heavy atom. The van der Waals surface area contributed by atoms with Gasteiger partial charge in [0.1, 0.15) is 0 Å². The zero-order valence-electron chi connectivity index (χ0n) is 8.73. The van der Waals surface area contributed by atoms with Gasteiger partial charge in [-0.2, -0.15) is 0 Å². The van der Waals surface area contributed by atoms with Crippen molar-refractivity contribution in [1.82, 2.24) is 0 Å². The minimum atomic E-state index is 0.571. The van der Waals surface area contributed by atoms with Crippen LogP contribution in [-0.2, 0) is 0 Å². The van der Waals surface area contributed by atoms with Gasteiger partial charge in [-0.15, -0.1) is 0 Å². The predicted molar refractivity (Wildman–Crippen MR) is 80.3 cm³/mol. The van der Waals surface area contributed by atoms with E-state index in [0.717, 1.165) is 21.2 Å². The molecule has 0 aromatic heterocycles. The van der Waals surface area contributed by atoms with Gasteiger partial charge >= 0.3 is 0 Å². The van der Waals surface area contributed by atoms with Crippen LogP contribution in [0.1, 0.15) is 0 Å². The van der Waals surface area contributed by atoms with E-state index in [1.165, 1.54) is 11.8 Å². The summed E-state index contributed by atoms with van der Waals surface area (Å²) >= 11 is 25.9. The van der Waals surface area contributed by atoms with E-state index in [9.17, 15) is 0 Å². The van der Waals surface area contributed by atoms with Crippen LogP contribution in [0.2, 0.25) is 20.1 Å². The molecule has 2 aromatic rings. The van der Waals surface area contributed by atoms with E-state index in [-0.39, 0.29) is 0 Å². The summed E-state index contributed by atoms with van der Waals surface area (Å²) in [5.41, 5.74) is 1.64. The van der Waals surface area contributed by atoms with Gasteiger partial charge in [-0.3, -0.25) is 0 Å². The minimum Gasteiger partial charge on any atom is -0.351 e. The molecule has 1 aliphatic rings. The lowest BCUT2D eigenvalue weighted by molar-refractivity contribution is 1.31. The van der Waals surface area contributed by atoms with Crippen LogP contribution in [0.25, 0.3) is 0 Å². The van der Waals surface area contributed by atoms with E-state index >= 15 is 0 Å². The third-order valence-electron chi connectivity index (χ3n) is 2.51. The Labute approximate surface area is 128 Å². The summed E-state index contributed by atoms with van der Waals surface area (Å²) in [5, 5.41) is 5.57. The SMILES string of the molecule is Clc1cc(Cl)c2c(c1)Sc1cc(Cl)cc(Cl)c1N2. The van der Waals surface area contributed by atoms with E-state index in [1.807, 2.05) is 12.1 Å². The van der Waals surface area contributed by atoms with Crippen LogP contribution in [0.3, 0.4) is 0 Å². The van der Waals surface area contributed by atoms with Gasteiger partial charge in [-0.1, -0.05) is 58.2 Å². The van der Waals surface area contributed by atoms with Gasteiger partial charge in [0, 0.05) is 19.8 Å². The fourth-order valence-electron chi connectivity index (χ4n) is 1.75. The molecule has 1 N–H and O–H groups in total. The van der Waals surface area contributed by atoms with Crippen LogP contribution in [0.15, 0.2) is 34.1 Å². The third-order valence-corrected chi connectivity index (χ3v) is 4.62. The van der Waals surface area contributed by atoms with E-state index < -0.39 is 0 Å². The summed E-state index contributed by atoms with van der Waals surface area (Å²) in [6.45, 7) is 0. The van der Waals surface area contributed by atoms with Crippen molar-refractivity contribution in [2.24, 2.45) is 0 Å². The highest BCUT2D eigenvalue weighted by Crippen LogP contribution is 2.50. The first-order valence-electron chi connectivity index (χ1n) is 4.97. The summed E-state index contributed by atoms with van der Waals surface area (Å²) < 4.78 is 0. The van der Waals surface area contributed by atoms with Gasteiger partial charge in [0.15, 0.2) is 0 Å². The van der Waals surface area contributed by atoms with Gasteiger partial charge in [-0.05, 0) is 24.3 Å². The van der Waals surface area contributed by atoms with Gasteiger partial charge in [0.05, 0.1) is 21.4 Å². The van der Waals surface area contributed by atoms with E-state index in [4.69, 9.17) is 46.4 Å². The van der Waals surface area contributed by atoms with Crippen LogP contribution in [0.4, 0.5) is 11.4 Å². The molecule has 92 valence electrons. The zero-order valence-corrected chi connectivity index (χ0v) is 12.6. The largest absolute Gasteiger partial charge is 0.351 e. The van der Waals surface area contributed by atoms with Gasteiger partial charge < -0.3 is 5.32 Å². The second kappa shape index (κ2) is 4.69. The van der Waals surface area contributed by atoms with Crippen LogP contribution >= 0.6 is 58.2 Å². The molecule has 0 bridgehead atoms. The maximum Gasteiger partial charge on any atom is 0.0717 e. The van der Waals surface area contributed by atoms with Crippen molar-refractivity contribution in [3.05, 3.63) is 44.4 Å². The Balaban J connectivity index is 2.18. The van der Waals surface area contributed by atoms with Gasteiger partial charge in [0.25, 0.3) is 0 Å². The molecule has 0 spiro atoms. The summed E-state index contributed by atoms with van der Waals surface area (Å²) in [4.78, 5) is 1.91. The van der Waals surface area contributed by atoms with E-state index in [1.54, 1.807) is 12.1 Å². The normalized spacial score (nSPS) is 12.7. The number of halogens is 4. The van der Waals surface area contributed by atoms with Gasteiger partial charge in [0.2, 0.25) is 0 Å². The lowest BCUT2D eigenvalue weighted by Gasteiger charge is -2.23. The summed E-state index contributed by atoms with van der Waals surface area (Å²) in [6.07, 6.45) is 0. The number of hydrogen-bond acceptors (Lipinski definition) is 2. The molecule has 3 rings (SSSR count). The third kappa shape index (κ3) is 2.17. The summed E-state index contributed by atoms with van der Waals surface area (Å²) in [7, 11) is 0. The Hall–Kier alpha value is -0.250. The highest BCUT2D eigenvalue weighted by molar-refractivity contribution is 7.99. The molecule has 0 saturated carbocycles. The van der Waals surface area contributed by atoms with Crippen LogP contribution in [0, 0.1) is 0 Å². The first-order valence-corrected chi connectivity index (χ1v) is 7.30. The maximum atomic E-state index is 6.17. The number of anilines is 2. The fraction of sp³-hybridized carbons (Fsp3) is 0. The van der Waals surface area contributed by atoms with Crippen LogP contribution < -0.4 is 5.32 Å². The van der Waals surface area contributed by atoms with E-state index in [0.29, 0.717) is 20.1 Å². The monoisotopic (exact) mass is 335 g/mol. The summed E-state index contributed by atoms with van der Waals surface area (Å²) in [6, 6.07) is 7.12. The standard InChI is InChI=1S/C12H5Cl4NS/c13-5-1-7(15)11-9(3-5)18-10-4-6(14)2-8(16)12(10)17-11/h1-4,17H. The number of nitrogens with one attached hydrogen (secondary N) is 1. The van der Waals surface area contributed by atoms with E-state index in [2.05, 4.69) is 5.32 Å². The summed E-state index contributed by atoms with van der Waals surface area (Å²) in [5.74, 6) is 0. The average Bonchev–Trinajstić information content (AvgIpc) is 2.26. The Bertz CT molecular complexity index is 602. The highest BCUT2D eigenvalue weighted by atomic mass is 35.5. The van der Waals surface area contributed by atoms with Crippen LogP contribution in [0.5, 0.6) is 0 Å². The molecular weight excluding hydrogens is 332 g/mol. The molecule has 1 heterocycles. The minimum absolute atomic E-state index is 0.571. The first-order chi connectivity index (χ1) is 8.54. The molecule has 0 unspecified atom stereocenters. The number of fused-ring (bicyclic) bond motifs is 2. The molecule has 0 aliphatic carbocycles. The first kappa shape index (κ1) is 12.8. The Kier molecular flexibility index (Phi) is 3.33. The Morgan fingerprint density at radius 3 is 1.61 bits per heavy atom. The number of hydrogen-bond donors (Lipinski definition) is 1. The maximum absolute atomic E-state index is 6.17. The highest BCUT2D eigenvalue weighted by Gasteiger charge is 2.21. The van der Waals surface area contributed by atoms with Crippen molar-refractivity contribution in [3.63, 3.8) is 0 Å². The smallest absolute Gasteiger partial charge is 0.0717 e. The molecule has 0 fully saturated rings. The molecule has 0 atom stereocenters. The van der Waals surface area contributed by atoms with Crippen molar-refractivity contribution in [1.29, 1.82) is 0 Å². The molecular formula is C12H5Cl4NS. The fourth-order valence-corrected chi connectivity index (χ4v) is 4.20. The predicted octanol–water partition coefficient (Wildman–Crippen LogP) is 6.51.